The molecule has 2 unspecified atom stereocenters. The summed E-state index contributed by atoms with van der Waals surface area (Å²) in [5.41, 5.74) is 16.7. The van der Waals surface area contributed by atoms with Crippen LogP contribution in [0.2, 0.25) is 0 Å². The first-order chi connectivity index (χ1) is 8.29. The zero-order chi connectivity index (χ0) is 13.1. The van der Waals surface area contributed by atoms with Gasteiger partial charge < -0.3 is 16.9 Å². The summed E-state index contributed by atoms with van der Waals surface area (Å²) in [5.74, 6) is 0. The van der Waals surface area contributed by atoms with Crippen molar-refractivity contribution in [1.29, 1.82) is 0 Å². The topological polar surface area (TPSA) is 74.2 Å². The fraction of sp³-hybridized carbons (Fsp3) is 1.00. The van der Waals surface area contributed by atoms with Crippen molar-refractivity contribution < 1.29 is 28.4 Å². The summed E-state index contributed by atoms with van der Waals surface area (Å²) in [6.07, 6.45) is 7.01. The SMILES string of the molecule is CCCCCCC1O[N+]12C[N-]2.[Cl][Pt].[NH-]CC[NH-]. The quantitative estimate of drug-likeness (QED) is 0.345. The Balaban J connectivity index is 0.000000368. The number of halogens is 1. The molecule has 0 aromatic rings. The Bertz CT molecular complexity index is 182. The first-order valence-corrected chi connectivity index (χ1v) is 8.77. The molecule has 1 spiro atoms. The van der Waals surface area contributed by atoms with Crippen LogP contribution in [0.3, 0.4) is 0 Å². The van der Waals surface area contributed by atoms with Crippen LogP contribution in [0.1, 0.15) is 39.0 Å². The molecule has 7 heteroatoms. The van der Waals surface area contributed by atoms with Gasteiger partial charge in [0.15, 0.2) is 0 Å². The van der Waals surface area contributed by atoms with Gasteiger partial charge in [0.2, 0.25) is 0 Å². The van der Waals surface area contributed by atoms with Crippen LogP contribution < -0.4 is 0 Å². The van der Waals surface area contributed by atoms with Crippen molar-refractivity contribution in [2.24, 2.45) is 0 Å². The predicted octanol–water partition coefficient (Wildman–Crippen LogP) is 4.08. The van der Waals surface area contributed by atoms with Crippen molar-refractivity contribution in [2.45, 2.75) is 45.3 Å². The Morgan fingerprint density at radius 3 is 2.24 bits per heavy atom. The van der Waals surface area contributed by atoms with Gasteiger partial charge in [-0.1, -0.05) is 26.2 Å². The first-order valence-electron chi connectivity index (χ1n) is 5.95. The van der Waals surface area contributed by atoms with Crippen LogP contribution in [0, 0.1) is 0 Å². The molecular formula is C10H22ClN4OPt-2. The molecule has 2 N–H and O–H groups in total. The summed E-state index contributed by atoms with van der Waals surface area (Å²) in [6.45, 7) is 3.62. The molecule has 0 aliphatic carbocycles. The number of quaternary nitrogens is 1. The molecular weight excluding hydrogens is 423 g/mol. The van der Waals surface area contributed by atoms with Crippen molar-refractivity contribution in [3.8, 4) is 0 Å². The number of rotatable bonds is 6. The minimum atomic E-state index is 0.236. The van der Waals surface area contributed by atoms with E-state index < -0.39 is 0 Å². The summed E-state index contributed by atoms with van der Waals surface area (Å²) in [7, 11) is 4.61. The Kier molecular flexibility index (Phi) is 11.2. The molecule has 0 radical (unpaired) electrons. The first kappa shape index (κ1) is 17.8. The van der Waals surface area contributed by atoms with Crippen molar-refractivity contribution in [1.82, 2.24) is 0 Å². The van der Waals surface area contributed by atoms with Gasteiger partial charge in [0.05, 0.1) is 6.67 Å². The maximum atomic E-state index is 6.26. The van der Waals surface area contributed by atoms with Crippen LogP contribution in [-0.4, -0.2) is 30.7 Å². The molecule has 5 nitrogen and oxygen atoms in total. The largest absolute Gasteiger partial charge is 0.679 e. The number of hydrogen-bond acceptors (Lipinski definition) is 1. The van der Waals surface area contributed by atoms with Gasteiger partial charge in [-0.05, 0) is 6.42 Å². The van der Waals surface area contributed by atoms with E-state index in [-0.39, 0.29) is 13.1 Å². The predicted molar refractivity (Wildman–Crippen MR) is 66.3 cm³/mol. The van der Waals surface area contributed by atoms with E-state index >= 15 is 0 Å². The minimum absolute atomic E-state index is 0.236. The molecule has 0 aromatic heterocycles. The molecule has 0 saturated carbocycles. The van der Waals surface area contributed by atoms with E-state index in [2.05, 4.69) is 21.8 Å². The zero-order valence-corrected chi connectivity index (χ0v) is 13.3. The second-order valence-electron chi connectivity index (χ2n) is 3.95. The van der Waals surface area contributed by atoms with Gasteiger partial charge in [0.1, 0.15) is 0 Å². The molecule has 2 rings (SSSR count). The second-order valence-corrected chi connectivity index (χ2v) is 3.95. The summed E-state index contributed by atoms with van der Waals surface area (Å²) in [6, 6.07) is 0. The van der Waals surface area contributed by atoms with Crippen molar-refractivity contribution in [2.75, 3.05) is 19.8 Å². The average molecular weight is 445 g/mol. The third-order valence-electron chi connectivity index (χ3n) is 2.56. The van der Waals surface area contributed by atoms with E-state index in [0.717, 1.165) is 6.67 Å². The molecule has 2 aliphatic rings. The molecule has 107 valence electrons. The molecule has 17 heavy (non-hydrogen) atoms. The third kappa shape index (κ3) is 7.73. The second kappa shape index (κ2) is 10.7. The number of hydrogen-bond donors (Lipinski definition) is 0. The van der Waals surface area contributed by atoms with Gasteiger partial charge >= 0.3 is 28.2 Å². The zero-order valence-electron chi connectivity index (χ0n) is 10.2. The van der Waals surface area contributed by atoms with E-state index in [9.17, 15) is 0 Å². The average Bonchev–Trinajstić information content (AvgIpc) is 3.30. The van der Waals surface area contributed by atoms with Crippen molar-refractivity contribution in [3.05, 3.63) is 16.9 Å². The van der Waals surface area contributed by atoms with Crippen molar-refractivity contribution >= 4 is 9.42 Å². The van der Waals surface area contributed by atoms with Gasteiger partial charge in [0, 0.05) is 6.42 Å². The molecule has 0 bridgehead atoms. The maximum Gasteiger partial charge on any atom is -0.171 e. The van der Waals surface area contributed by atoms with Gasteiger partial charge in [0.25, 0.3) is 6.23 Å². The standard InChI is InChI=1S/C8H16N2O.C2H6N2.ClH.Pt/c1-2-3-4-5-6-8-10(11-8)7-9-10;3-1-2-4;;/h8H,2-7H2,1H3;3-4H,1-2H2;1H;/q;-2;;+1/p-1. The van der Waals surface area contributed by atoms with Gasteiger partial charge in [-0.15, -0.1) is 4.84 Å². The molecule has 2 fully saturated rings. The number of nitrogens with zero attached hydrogens (tertiary/aromatic N) is 2. The molecule has 2 heterocycles. The van der Waals surface area contributed by atoms with E-state index in [0.29, 0.717) is 11.0 Å². The molecule has 2 aliphatic heterocycles. The van der Waals surface area contributed by atoms with Crippen LogP contribution in [0.25, 0.3) is 16.9 Å². The Morgan fingerprint density at radius 1 is 1.29 bits per heavy atom. The smallest absolute Gasteiger partial charge is 0.171 e. The number of unbranched alkanes of at least 4 members (excludes halogenated alkanes) is 3. The van der Waals surface area contributed by atoms with Crippen LogP contribution in [0.15, 0.2) is 0 Å². The van der Waals surface area contributed by atoms with E-state index in [1.165, 1.54) is 32.1 Å². The Morgan fingerprint density at radius 2 is 1.88 bits per heavy atom. The van der Waals surface area contributed by atoms with E-state index in [1.807, 2.05) is 0 Å². The molecule has 2 atom stereocenters. The fourth-order valence-electron chi connectivity index (χ4n) is 1.49. The summed E-state index contributed by atoms with van der Waals surface area (Å²) in [5, 5.41) is 0. The van der Waals surface area contributed by atoms with Crippen LogP contribution >= 0.6 is 9.42 Å². The van der Waals surface area contributed by atoms with Crippen LogP contribution in [-0.2, 0) is 23.6 Å². The van der Waals surface area contributed by atoms with E-state index in [4.69, 9.17) is 16.3 Å². The number of nitrogens with one attached hydrogen (secondary N) is 2. The Hall–Kier alpha value is 0.778. The van der Waals surface area contributed by atoms with Gasteiger partial charge in [-0.2, -0.15) is 13.1 Å². The summed E-state index contributed by atoms with van der Waals surface area (Å²) >= 11 is 1.61. The summed E-state index contributed by atoms with van der Waals surface area (Å²) < 4.78 is 0.659. The van der Waals surface area contributed by atoms with E-state index in [1.54, 1.807) is 18.8 Å². The van der Waals surface area contributed by atoms with Gasteiger partial charge in [-0.25, -0.2) is 4.76 Å². The maximum absolute atomic E-state index is 6.26. The fourth-order valence-corrected chi connectivity index (χ4v) is 1.49. The molecule has 2 saturated heterocycles. The van der Waals surface area contributed by atoms with Crippen molar-refractivity contribution in [3.63, 3.8) is 0 Å². The minimum Gasteiger partial charge on any atom is -0.679 e. The third-order valence-corrected chi connectivity index (χ3v) is 2.56. The monoisotopic (exact) mass is 444 g/mol. The molecule has 0 aromatic carbocycles. The molecule has 0 amide bonds. The summed E-state index contributed by atoms with van der Waals surface area (Å²) in [4.78, 5) is 5.37. The van der Waals surface area contributed by atoms with Crippen LogP contribution in [0.4, 0.5) is 0 Å². The van der Waals surface area contributed by atoms with Crippen LogP contribution in [0.5, 0.6) is 0 Å². The normalized spacial score (nSPS) is 27.8. The number of hydroxylamine groups is 2. The Labute approximate surface area is 120 Å². The van der Waals surface area contributed by atoms with Gasteiger partial charge in [-0.3, -0.25) is 0 Å².